The molecule has 1 unspecified atom stereocenters. The minimum Gasteiger partial charge on any atom is -0.478 e. The number of aromatic nitrogens is 3. The monoisotopic (exact) mass is 464 g/mol. The van der Waals surface area contributed by atoms with Gasteiger partial charge in [0.15, 0.2) is 5.69 Å². The molecule has 0 aliphatic carbocycles. The van der Waals surface area contributed by atoms with E-state index in [-0.39, 0.29) is 23.7 Å². The summed E-state index contributed by atoms with van der Waals surface area (Å²) in [6.45, 7) is 4.41. The van der Waals surface area contributed by atoms with E-state index in [4.69, 9.17) is 9.47 Å². The quantitative estimate of drug-likeness (QED) is 0.442. The lowest BCUT2D eigenvalue weighted by Crippen LogP contribution is -2.41. The van der Waals surface area contributed by atoms with Crippen molar-refractivity contribution in [1.29, 1.82) is 0 Å². The average molecular weight is 465 g/mol. The number of nitrogens with zero attached hydrogens (tertiary/aromatic N) is 4. The first-order valence-electron chi connectivity index (χ1n) is 11.6. The molecule has 34 heavy (non-hydrogen) atoms. The maximum atomic E-state index is 12.5. The van der Waals surface area contributed by atoms with Crippen molar-refractivity contribution in [3.63, 3.8) is 0 Å². The molecule has 1 aliphatic heterocycles. The van der Waals surface area contributed by atoms with Crippen LogP contribution in [-0.2, 0) is 4.74 Å². The van der Waals surface area contributed by atoms with Crippen LogP contribution in [-0.4, -0.2) is 79.0 Å². The topological polar surface area (TPSA) is 102 Å². The summed E-state index contributed by atoms with van der Waals surface area (Å²) in [4.78, 5) is 19.1. The van der Waals surface area contributed by atoms with Crippen LogP contribution in [0.15, 0.2) is 36.5 Å². The molecule has 1 aliphatic rings. The van der Waals surface area contributed by atoms with Gasteiger partial charge in [0.25, 0.3) is 5.91 Å². The fraction of sp³-hybridized carbons (Fsp3) is 0.440. The van der Waals surface area contributed by atoms with Gasteiger partial charge < -0.3 is 25.0 Å². The summed E-state index contributed by atoms with van der Waals surface area (Å²) >= 11 is 0. The molecule has 9 heteroatoms. The summed E-state index contributed by atoms with van der Waals surface area (Å²) < 4.78 is 11.4. The number of carbonyl (C=O) groups is 1. The lowest BCUT2D eigenvalue weighted by atomic mass is 10.0. The Morgan fingerprint density at radius 1 is 1.24 bits per heavy atom. The number of fused-ring (bicyclic) bond motifs is 1. The van der Waals surface area contributed by atoms with Gasteiger partial charge in [-0.2, -0.15) is 0 Å². The summed E-state index contributed by atoms with van der Waals surface area (Å²) in [5.41, 5.74) is 3.53. The summed E-state index contributed by atoms with van der Waals surface area (Å²) in [6.07, 6.45) is 3.84. The van der Waals surface area contributed by atoms with Gasteiger partial charge in [0.2, 0.25) is 5.88 Å². The third kappa shape index (κ3) is 5.43. The normalized spacial score (nSPS) is 16.2. The summed E-state index contributed by atoms with van der Waals surface area (Å²) in [7, 11) is 5.67. The first-order valence-corrected chi connectivity index (χ1v) is 11.6. The van der Waals surface area contributed by atoms with Gasteiger partial charge in [0, 0.05) is 49.5 Å². The van der Waals surface area contributed by atoms with Crippen molar-refractivity contribution in [2.45, 2.75) is 31.9 Å². The number of nitrogens with one attached hydrogen (secondary N) is 2. The number of pyridine rings is 1. The highest BCUT2D eigenvalue weighted by atomic mass is 16.5. The second-order valence-corrected chi connectivity index (χ2v) is 8.76. The van der Waals surface area contributed by atoms with Crippen LogP contribution in [0.2, 0.25) is 0 Å². The van der Waals surface area contributed by atoms with Crippen LogP contribution < -0.4 is 15.4 Å². The first-order chi connectivity index (χ1) is 16.5. The molecule has 2 aromatic heterocycles. The van der Waals surface area contributed by atoms with Crippen molar-refractivity contribution in [2.24, 2.45) is 0 Å². The molecule has 1 aromatic carbocycles. The van der Waals surface area contributed by atoms with Gasteiger partial charge in [-0.25, -0.2) is 4.98 Å². The van der Waals surface area contributed by atoms with E-state index in [2.05, 4.69) is 37.6 Å². The zero-order valence-electron chi connectivity index (χ0n) is 20.2. The minimum atomic E-state index is -0.290. The Morgan fingerprint density at radius 3 is 2.68 bits per heavy atom. The lowest BCUT2D eigenvalue weighted by Gasteiger charge is -2.33. The molecule has 2 N–H and O–H groups in total. The minimum absolute atomic E-state index is 0.0267. The molecule has 3 heterocycles. The van der Waals surface area contributed by atoms with Crippen LogP contribution in [0.5, 0.6) is 5.88 Å². The van der Waals surface area contributed by atoms with Gasteiger partial charge in [-0.05, 0) is 57.6 Å². The molecule has 1 amide bonds. The molecule has 0 radical (unpaired) electrons. The van der Waals surface area contributed by atoms with Gasteiger partial charge in [-0.3, -0.25) is 4.79 Å². The van der Waals surface area contributed by atoms with E-state index in [1.165, 1.54) is 0 Å². The van der Waals surface area contributed by atoms with E-state index in [1.807, 2.05) is 44.4 Å². The standard InChI is InChI=1S/C25H32N6O3/c1-16(21-10-13-33-21)28-23-19-14-17(6-8-20(19)29-30-24(23)25(32)26-2)18-7-9-22(27-15-18)34-12-5-11-31(3)4/h6-9,14-16,21H,5,10-13H2,1-4H3,(H,26,32)(H,28,29)/t16-,21?/m0/s1. The highest BCUT2D eigenvalue weighted by Gasteiger charge is 2.27. The van der Waals surface area contributed by atoms with Crippen molar-refractivity contribution in [1.82, 2.24) is 25.4 Å². The molecule has 1 saturated heterocycles. The van der Waals surface area contributed by atoms with Crippen LogP contribution in [0.1, 0.15) is 30.3 Å². The number of amides is 1. The number of rotatable bonds is 10. The smallest absolute Gasteiger partial charge is 0.273 e. The van der Waals surface area contributed by atoms with Crippen molar-refractivity contribution in [2.75, 3.05) is 46.2 Å². The average Bonchev–Trinajstić information content (AvgIpc) is 2.80. The van der Waals surface area contributed by atoms with E-state index in [0.717, 1.165) is 42.5 Å². The van der Waals surface area contributed by atoms with Crippen LogP contribution in [0.25, 0.3) is 22.0 Å². The highest BCUT2D eigenvalue weighted by Crippen LogP contribution is 2.31. The molecule has 0 saturated carbocycles. The molecule has 4 rings (SSSR count). The molecule has 180 valence electrons. The number of anilines is 1. The zero-order valence-corrected chi connectivity index (χ0v) is 20.2. The van der Waals surface area contributed by atoms with Crippen LogP contribution in [0.3, 0.4) is 0 Å². The molecular formula is C25H32N6O3. The van der Waals surface area contributed by atoms with E-state index in [1.54, 1.807) is 13.2 Å². The molecule has 1 fully saturated rings. The number of ether oxygens (including phenoxy) is 2. The number of benzene rings is 1. The molecule has 9 nitrogen and oxygen atoms in total. The van der Waals surface area contributed by atoms with E-state index >= 15 is 0 Å². The predicted molar refractivity (Wildman–Crippen MR) is 132 cm³/mol. The fourth-order valence-electron chi connectivity index (χ4n) is 3.87. The molecule has 0 bridgehead atoms. The van der Waals surface area contributed by atoms with Gasteiger partial charge in [-0.15, -0.1) is 10.2 Å². The number of carbonyl (C=O) groups excluding carboxylic acids is 1. The van der Waals surface area contributed by atoms with Crippen molar-refractivity contribution < 1.29 is 14.3 Å². The van der Waals surface area contributed by atoms with E-state index in [0.29, 0.717) is 23.7 Å². The summed E-state index contributed by atoms with van der Waals surface area (Å²) in [5.74, 6) is 0.314. The maximum Gasteiger partial charge on any atom is 0.273 e. The number of hydrogen-bond acceptors (Lipinski definition) is 8. The van der Waals surface area contributed by atoms with E-state index in [9.17, 15) is 4.79 Å². The predicted octanol–water partition coefficient (Wildman–Crippen LogP) is 2.97. The van der Waals surface area contributed by atoms with Crippen molar-refractivity contribution in [3.8, 4) is 17.0 Å². The van der Waals surface area contributed by atoms with Crippen molar-refractivity contribution in [3.05, 3.63) is 42.2 Å². The Labute approximate surface area is 199 Å². The van der Waals surface area contributed by atoms with Crippen LogP contribution in [0, 0.1) is 0 Å². The molecule has 3 aromatic rings. The lowest BCUT2D eigenvalue weighted by molar-refractivity contribution is -0.0575. The molecule has 2 atom stereocenters. The Bertz CT molecular complexity index is 1130. The Kier molecular flexibility index (Phi) is 7.54. The first kappa shape index (κ1) is 23.8. The highest BCUT2D eigenvalue weighted by molar-refractivity contribution is 6.06. The summed E-state index contributed by atoms with van der Waals surface area (Å²) in [5, 5.41) is 15.4. The third-order valence-corrected chi connectivity index (χ3v) is 5.94. The third-order valence-electron chi connectivity index (χ3n) is 5.94. The zero-order chi connectivity index (χ0) is 24.1. The second-order valence-electron chi connectivity index (χ2n) is 8.76. The van der Waals surface area contributed by atoms with E-state index < -0.39 is 0 Å². The van der Waals surface area contributed by atoms with Crippen LogP contribution in [0.4, 0.5) is 5.69 Å². The van der Waals surface area contributed by atoms with Crippen molar-refractivity contribution >= 4 is 22.5 Å². The maximum absolute atomic E-state index is 12.5. The Hall–Kier alpha value is -3.30. The summed E-state index contributed by atoms with van der Waals surface area (Å²) in [6, 6.07) is 9.80. The van der Waals surface area contributed by atoms with Gasteiger partial charge >= 0.3 is 0 Å². The SMILES string of the molecule is CNC(=O)c1nnc2ccc(-c3ccc(OCCCN(C)C)nc3)cc2c1N[C@@H](C)C1CCO1. The second kappa shape index (κ2) is 10.8. The molecular weight excluding hydrogens is 432 g/mol. The Balaban J connectivity index is 1.61. The Morgan fingerprint density at radius 2 is 2.03 bits per heavy atom. The van der Waals surface area contributed by atoms with Gasteiger partial charge in [0.05, 0.1) is 23.9 Å². The van der Waals surface area contributed by atoms with Crippen LogP contribution >= 0.6 is 0 Å². The van der Waals surface area contributed by atoms with Gasteiger partial charge in [-0.1, -0.05) is 6.07 Å². The fourth-order valence-corrected chi connectivity index (χ4v) is 3.87. The molecule has 0 spiro atoms. The number of hydrogen-bond donors (Lipinski definition) is 2. The van der Waals surface area contributed by atoms with Gasteiger partial charge in [0.1, 0.15) is 0 Å². The largest absolute Gasteiger partial charge is 0.478 e.